The largest absolute Gasteiger partial charge is 0.355 e. The van der Waals surface area contributed by atoms with E-state index in [2.05, 4.69) is 5.32 Å². The summed E-state index contributed by atoms with van der Waals surface area (Å²) in [4.78, 5) is 11.9. The van der Waals surface area contributed by atoms with Crippen LogP contribution in [-0.4, -0.2) is 20.9 Å². The quantitative estimate of drug-likeness (QED) is 0.831. The Morgan fingerprint density at radius 2 is 1.78 bits per heavy atom. The average molecular weight is 353 g/mol. The summed E-state index contributed by atoms with van der Waals surface area (Å²) in [6.07, 6.45) is 0.872. The average Bonchev–Trinajstić information content (AvgIpc) is 2.47. The van der Waals surface area contributed by atoms with Crippen molar-refractivity contribution in [1.29, 1.82) is 0 Å². The summed E-state index contributed by atoms with van der Waals surface area (Å²) in [7, 11) is -3.67. The first-order chi connectivity index (χ1) is 10.8. The van der Waals surface area contributed by atoms with E-state index in [0.29, 0.717) is 18.0 Å². The standard InChI is InChI=1S/C16H17ClN2O3S/c17-14-3-1-2-13(10-14)11-16(20)19-9-8-12-4-6-15(7-5-12)23(18,21)22/h1-7,10H,8-9,11H2,(H,19,20)(H2,18,21,22). The fourth-order valence-electron chi connectivity index (χ4n) is 2.09. The van der Waals surface area contributed by atoms with Gasteiger partial charge in [-0.05, 0) is 41.8 Å². The maximum absolute atomic E-state index is 11.8. The lowest BCUT2D eigenvalue weighted by atomic mass is 10.1. The number of carbonyl (C=O) groups excluding carboxylic acids is 1. The van der Waals surface area contributed by atoms with Crippen LogP contribution in [0.4, 0.5) is 0 Å². The van der Waals surface area contributed by atoms with Crippen LogP contribution >= 0.6 is 11.6 Å². The number of hydrogen-bond donors (Lipinski definition) is 2. The monoisotopic (exact) mass is 352 g/mol. The van der Waals surface area contributed by atoms with E-state index < -0.39 is 10.0 Å². The highest BCUT2D eigenvalue weighted by molar-refractivity contribution is 7.89. The maximum atomic E-state index is 11.8. The Hall–Kier alpha value is -1.89. The molecule has 0 atom stereocenters. The molecule has 0 spiro atoms. The first-order valence-corrected chi connectivity index (χ1v) is 8.90. The van der Waals surface area contributed by atoms with Gasteiger partial charge in [0.1, 0.15) is 0 Å². The van der Waals surface area contributed by atoms with E-state index >= 15 is 0 Å². The van der Waals surface area contributed by atoms with Crippen molar-refractivity contribution in [1.82, 2.24) is 5.32 Å². The second kappa shape index (κ2) is 7.59. The second-order valence-corrected chi connectivity index (χ2v) is 7.09. The van der Waals surface area contributed by atoms with Gasteiger partial charge >= 0.3 is 0 Å². The first-order valence-electron chi connectivity index (χ1n) is 6.97. The summed E-state index contributed by atoms with van der Waals surface area (Å²) in [6, 6.07) is 13.4. The van der Waals surface area contributed by atoms with Gasteiger partial charge in [-0.25, -0.2) is 13.6 Å². The Labute approximate surface area is 140 Å². The number of carbonyl (C=O) groups is 1. The van der Waals surface area contributed by atoms with Crippen molar-refractivity contribution in [2.24, 2.45) is 5.14 Å². The molecule has 2 aromatic carbocycles. The van der Waals surface area contributed by atoms with Gasteiger partial charge < -0.3 is 5.32 Å². The predicted octanol–water partition coefficient (Wildman–Crippen LogP) is 1.89. The maximum Gasteiger partial charge on any atom is 0.238 e. The number of amides is 1. The Morgan fingerprint density at radius 3 is 2.39 bits per heavy atom. The molecule has 0 aliphatic heterocycles. The summed E-state index contributed by atoms with van der Waals surface area (Å²) in [5, 5.41) is 8.46. The fourth-order valence-corrected chi connectivity index (χ4v) is 2.82. The number of primary sulfonamides is 1. The Balaban J connectivity index is 1.81. The molecule has 0 unspecified atom stereocenters. The van der Waals surface area contributed by atoms with E-state index in [-0.39, 0.29) is 17.2 Å². The van der Waals surface area contributed by atoms with Crippen LogP contribution < -0.4 is 10.5 Å². The predicted molar refractivity (Wildman–Crippen MR) is 89.7 cm³/mol. The molecule has 5 nitrogen and oxygen atoms in total. The number of rotatable bonds is 6. The number of nitrogens with two attached hydrogens (primary N) is 1. The van der Waals surface area contributed by atoms with Crippen LogP contribution in [0.15, 0.2) is 53.4 Å². The zero-order valence-corrected chi connectivity index (χ0v) is 13.9. The van der Waals surface area contributed by atoms with Gasteiger partial charge in [-0.2, -0.15) is 0 Å². The summed E-state index contributed by atoms with van der Waals surface area (Å²) < 4.78 is 22.3. The highest BCUT2D eigenvalue weighted by Crippen LogP contribution is 2.11. The van der Waals surface area contributed by atoms with E-state index in [1.54, 1.807) is 30.3 Å². The van der Waals surface area contributed by atoms with Crippen LogP contribution in [0.5, 0.6) is 0 Å². The lowest BCUT2D eigenvalue weighted by Crippen LogP contribution is -2.27. The number of sulfonamides is 1. The van der Waals surface area contributed by atoms with Crippen molar-refractivity contribution < 1.29 is 13.2 Å². The number of nitrogens with one attached hydrogen (secondary N) is 1. The van der Waals surface area contributed by atoms with Crippen molar-refractivity contribution in [3.8, 4) is 0 Å². The zero-order valence-electron chi connectivity index (χ0n) is 12.3. The summed E-state index contributed by atoms with van der Waals surface area (Å²) >= 11 is 5.87. The molecule has 0 bridgehead atoms. The molecule has 0 aromatic heterocycles. The number of hydrogen-bond acceptors (Lipinski definition) is 3. The molecule has 7 heteroatoms. The van der Waals surface area contributed by atoms with Gasteiger partial charge in [0.05, 0.1) is 11.3 Å². The Morgan fingerprint density at radius 1 is 1.09 bits per heavy atom. The smallest absolute Gasteiger partial charge is 0.238 e. The molecule has 2 rings (SSSR count). The van der Waals surface area contributed by atoms with Gasteiger partial charge in [-0.15, -0.1) is 0 Å². The summed E-state index contributed by atoms with van der Waals surface area (Å²) in [5.41, 5.74) is 1.77. The molecular formula is C16H17ClN2O3S. The van der Waals surface area contributed by atoms with Gasteiger partial charge in [0.15, 0.2) is 0 Å². The number of benzene rings is 2. The van der Waals surface area contributed by atoms with E-state index in [0.717, 1.165) is 11.1 Å². The van der Waals surface area contributed by atoms with Gasteiger partial charge in [0, 0.05) is 11.6 Å². The van der Waals surface area contributed by atoms with E-state index in [9.17, 15) is 13.2 Å². The van der Waals surface area contributed by atoms with Crippen molar-refractivity contribution in [3.63, 3.8) is 0 Å². The van der Waals surface area contributed by atoms with E-state index in [1.165, 1.54) is 12.1 Å². The van der Waals surface area contributed by atoms with Gasteiger partial charge in [0.25, 0.3) is 0 Å². The topological polar surface area (TPSA) is 89.3 Å². The fraction of sp³-hybridized carbons (Fsp3) is 0.188. The molecule has 0 heterocycles. The van der Waals surface area contributed by atoms with Gasteiger partial charge in [-0.3, -0.25) is 4.79 Å². The molecule has 2 aromatic rings. The lowest BCUT2D eigenvalue weighted by molar-refractivity contribution is -0.120. The van der Waals surface area contributed by atoms with Crippen molar-refractivity contribution in [3.05, 3.63) is 64.7 Å². The van der Waals surface area contributed by atoms with Gasteiger partial charge in [-0.1, -0.05) is 35.9 Å². The van der Waals surface area contributed by atoms with Crippen LogP contribution in [0.1, 0.15) is 11.1 Å². The van der Waals surface area contributed by atoms with Crippen LogP contribution in [0.3, 0.4) is 0 Å². The van der Waals surface area contributed by atoms with Crippen molar-refractivity contribution in [2.75, 3.05) is 6.54 Å². The first kappa shape index (κ1) is 17.5. The molecule has 0 fully saturated rings. The second-order valence-electron chi connectivity index (χ2n) is 5.10. The molecule has 0 aliphatic rings. The molecular weight excluding hydrogens is 336 g/mol. The summed E-state index contributed by atoms with van der Waals surface area (Å²) in [6.45, 7) is 0.466. The molecule has 0 aliphatic carbocycles. The molecule has 0 saturated carbocycles. The molecule has 3 N–H and O–H groups in total. The molecule has 122 valence electrons. The minimum atomic E-state index is -3.67. The normalized spacial score (nSPS) is 11.2. The van der Waals surface area contributed by atoms with Crippen molar-refractivity contribution in [2.45, 2.75) is 17.7 Å². The van der Waals surface area contributed by atoms with Crippen LogP contribution in [0.25, 0.3) is 0 Å². The zero-order chi connectivity index (χ0) is 16.9. The Kier molecular flexibility index (Phi) is 5.76. The van der Waals surface area contributed by atoms with Crippen LogP contribution in [-0.2, 0) is 27.7 Å². The molecule has 0 radical (unpaired) electrons. The summed E-state index contributed by atoms with van der Waals surface area (Å²) in [5.74, 6) is -0.0894. The molecule has 1 amide bonds. The van der Waals surface area contributed by atoms with E-state index in [1.807, 2.05) is 6.07 Å². The van der Waals surface area contributed by atoms with Crippen molar-refractivity contribution >= 4 is 27.5 Å². The third-order valence-corrected chi connectivity index (χ3v) is 4.41. The third kappa shape index (κ3) is 5.67. The molecule has 23 heavy (non-hydrogen) atoms. The lowest BCUT2D eigenvalue weighted by Gasteiger charge is -2.06. The highest BCUT2D eigenvalue weighted by atomic mass is 35.5. The minimum Gasteiger partial charge on any atom is -0.355 e. The molecule has 0 saturated heterocycles. The third-order valence-electron chi connectivity index (χ3n) is 3.24. The minimum absolute atomic E-state index is 0.0752. The van der Waals surface area contributed by atoms with E-state index in [4.69, 9.17) is 16.7 Å². The van der Waals surface area contributed by atoms with Crippen LogP contribution in [0.2, 0.25) is 5.02 Å². The highest BCUT2D eigenvalue weighted by Gasteiger charge is 2.07. The van der Waals surface area contributed by atoms with Gasteiger partial charge in [0.2, 0.25) is 15.9 Å². The SMILES string of the molecule is NS(=O)(=O)c1ccc(CCNC(=O)Cc2cccc(Cl)c2)cc1. The number of halogens is 1. The van der Waals surface area contributed by atoms with Crippen LogP contribution in [0, 0.1) is 0 Å². The Bertz CT molecular complexity index is 789.